The molecule has 1 aromatic carbocycles. The van der Waals surface area contributed by atoms with E-state index < -0.39 is 0 Å². The Kier molecular flexibility index (Phi) is 6.47. The van der Waals surface area contributed by atoms with Crippen LogP contribution in [0.4, 0.5) is 5.95 Å². The zero-order valence-corrected chi connectivity index (χ0v) is 15.4. The SMILES string of the molecule is CCCc1cc(CC)nc(NN=C(C)c2ccccc2C(C)C)n1. The van der Waals surface area contributed by atoms with Gasteiger partial charge in [-0.05, 0) is 37.3 Å². The van der Waals surface area contributed by atoms with E-state index >= 15 is 0 Å². The third-order valence-corrected chi connectivity index (χ3v) is 4.00. The van der Waals surface area contributed by atoms with Crippen LogP contribution in [0.1, 0.15) is 69.5 Å². The molecule has 128 valence electrons. The quantitative estimate of drug-likeness (QED) is 0.579. The summed E-state index contributed by atoms with van der Waals surface area (Å²) in [7, 11) is 0. The van der Waals surface area contributed by atoms with Crippen LogP contribution in [-0.4, -0.2) is 15.7 Å². The maximum absolute atomic E-state index is 4.56. The fraction of sp³-hybridized carbons (Fsp3) is 0.450. The molecule has 1 N–H and O–H groups in total. The van der Waals surface area contributed by atoms with Crippen LogP contribution in [0, 0.1) is 0 Å². The number of aromatic nitrogens is 2. The molecule has 0 atom stereocenters. The topological polar surface area (TPSA) is 50.2 Å². The number of hydrogen-bond acceptors (Lipinski definition) is 4. The highest BCUT2D eigenvalue weighted by molar-refractivity contribution is 6.00. The maximum atomic E-state index is 4.56. The molecule has 0 saturated heterocycles. The average Bonchev–Trinajstić information content (AvgIpc) is 2.59. The van der Waals surface area contributed by atoms with Crippen LogP contribution < -0.4 is 5.43 Å². The molecule has 0 fully saturated rings. The molecule has 0 radical (unpaired) electrons. The van der Waals surface area contributed by atoms with E-state index in [0.29, 0.717) is 11.9 Å². The van der Waals surface area contributed by atoms with Crippen LogP contribution in [0.25, 0.3) is 0 Å². The van der Waals surface area contributed by atoms with Crippen molar-refractivity contribution in [1.82, 2.24) is 9.97 Å². The monoisotopic (exact) mass is 324 g/mol. The summed E-state index contributed by atoms with van der Waals surface area (Å²) in [5, 5.41) is 4.53. The lowest BCUT2D eigenvalue weighted by atomic mass is 9.95. The molecule has 2 aromatic rings. The molecule has 4 heteroatoms. The van der Waals surface area contributed by atoms with E-state index in [9.17, 15) is 0 Å². The maximum Gasteiger partial charge on any atom is 0.243 e. The van der Waals surface area contributed by atoms with Crippen molar-refractivity contribution in [2.24, 2.45) is 5.10 Å². The van der Waals surface area contributed by atoms with Gasteiger partial charge in [-0.3, -0.25) is 0 Å². The Morgan fingerprint density at radius 1 is 1.12 bits per heavy atom. The molecular formula is C20H28N4. The van der Waals surface area contributed by atoms with Crippen LogP contribution in [0.2, 0.25) is 0 Å². The molecule has 24 heavy (non-hydrogen) atoms. The first-order valence-corrected chi connectivity index (χ1v) is 8.81. The lowest BCUT2D eigenvalue weighted by Gasteiger charge is -2.12. The Balaban J connectivity index is 2.25. The molecular weight excluding hydrogens is 296 g/mol. The number of hydrazone groups is 1. The van der Waals surface area contributed by atoms with Gasteiger partial charge in [0.25, 0.3) is 0 Å². The van der Waals surface area contributed by atoms with Crippen molar-refractivity contribution in [2.75, 3.05) is 5.43 Å². The standard InChI is InChI=1S/C20H28N4/c1-6-10-17-13-16(7-2)21-20(22-17)24-23-15(5)19-12-9-8-11-18(19)14(3)4/h8-9,11-14H,6-7,10H2,1-5H3,(H,21,22,24). The normalized spacial score (nSPS) is 11.8. The molecule has 0 aliphatic rings. The Morgan fingerprint density at radius 2 is 1.83 bits per heavy atom. The first-order chi connectivity index (χ1) is 11.5. The largest absolute Gasteiger partial charge is 0.245 e. The van der Waals surface area contributed by atoms with Gasteiger partial charge in [0.05, 0.1) is 5.71 Å². The van der Waals surface area contributed by atoms with E-state index in [1.54, 1.807) is 0 Å². The molecule has 0 amide bonds. The highest BCUT2D eigenvalue weighted by Crippen LogP contribution is 2.20. The summed E-state index contributed by atoms with van der Waals surface area (Å²) in [5.41, 5.74) is 8.58. The van der Waals surface area contributed by atoms with Crippen LogP contribution in [0.3, 0.4) is 0 Å². The van der Waals surface area contributed by atoms with Crippen molar-refractivity contribution >= 4 is 11.7 Å². The Labute approximate surface area is 145 Å². The summed E-state index contributed by atoms with van der Waals surface area (Å²) in [4.78, 5) is 9.09. The second kappa shape index (κ2) is 8.57. The van der Waals surface area contributed by atoms with E-state index in [0.717, 1.165) is 36.4 Å². The number of benzene rings is 1. The lowest BCUT2D eigenvalue weighted by molar-refractivity contribution is 0.856. The Morgan fingerprint density at radius 3 is 2.50 bits per heavy atom. The lowest BCUT2D eigenvalue weighted by Crippen LogP contribution is -2.07. The predicted octanol–water partition coefficient (Wildman–Crippen LogP) is 4.95. The second-order valence-corrected chi connectivity index (χ2v) is 6.33. The molecule has 2 rings (SSSR count). The van der Waals surface area contributed by atoms with Gasteiger partial charge in [0.2, 0.25) is 5.95 Å². The average molecular weight is 324 g/mol. The van der Waals surface area contributed by atoms with E-state index in [1.807, 2.05) is 13.0 Å². The van der Waals surface area contributed by atoms with E-state index in [-0.39, 0.29) is 0 Å². The van der Waals surface area contributed by atoms with Crippen LogP contribution in [0.5, 0.6) is 0 Å². The summed E-state index contributed by atoms with van der Waals surface area (Å²) >= 11 is 0. The molecule has 0 spiro atoms. The second-order valence-electron chi connectivity index (χ2n) is 6.33. The fourth-order valence-electron chi connectivity index (χ4n) is 2.69. The van der Waals surface area contributed by atoms with Gasteiger partial charge >= 0.3 is 0 Å². The number of rotatable bonds is 7. The number of anilines is 1. The summed E-state index contributed by atoms with van der Waals surface area (Å²) < 4.78 is 0. The predicted molar refractivity (Wildman–Crippen MR) is 102 cm³/mol. The fourth-order valence-corrected chi connectivity index (χ4v) is 2.69. The summed E-state index contributed by atoms with van der Waals surface area (Å²) in [6.07, 6.45) is 2.93. The zero-order valence-electron chi connectivity index (χ0n) is 15.4. The highest BCUT2D eigenvalue weighted by Gasteiger charge is 2.09. The number of aryl methyl sites for hydroxylation is 2. The zero-order chi connectivity index (χ0) is 17.5. The third kappa shape index (κ3) is 4.63. The number of hydrogen-bond donors (Lipinski definition) is 1. The number of nitrogens with zero attached hydrogens (tertiary/aromatic N) is 3. The van der Waals surface area contributed by atoms with Gasteiger partial charge in [0, 0.05) is 17.0 Å². The van der Waals surface area contributed by atoms with Crippen LogP contribution in [0.15, 0.2) is 35.4 Å². The van der Waals surface area contributed by atoms with Crippen molar-refractivity contribution in [3.63, 3.8) is 0 Å². The van der Waals surface area contributed by atoms with Gasteiger partial charge in [-0.2, -0.15) is 5.10 Å². The van der Waals surface area contributed by atoms with Crippen molar-refractivity contribution in [2.45, 2.75) is 59.8 Å². The van der Waals surface area contributed by atoms with Gasteiger partial charge in [0.1, 0.15) is 0 Å². The molecule has 1 heterocycles. The minimum absolute atomic E-state index is 0.460. The van der Waals surface area contributed by atoms with Gasteiger partial charge in [0.15, 0.2) is 0 Å². The van der Waals surface area contributed by atoms with Crippen molar-refractivity contribution in [1.29, 1.82) is 0 Å². The van der Waals surface area contributed by atoms with Crippen molar-refractivity contribution < 1.29 is 0 Å². The van der Waals surface area contributed by atoms with Gasteiger partial charge in [-0.25, -0.2) is 15.4 Å². The first kappa shape index (κ1) is 18.1. The molecule has 0 aliphatic heterocycles. The molecule has 4 nitrogen and oxygen atoms in total. The van der Waals surface area contributed by atoms with Crippen molar-refractivity contribution in [3.8, 4) is 0 Å². The van der Waals surface area contributed by atoms with Gasteiger partial charge in [-0.1, -0.05) is 58.4 Å². The van der Waals surface area contributed by atoms with Gasteiger partial charge < -0.3 is 0 Å². The molecule has 0 unspecified atom stereocenters. The minimum Gasteiger partial charge on any atom is -0.245 e. The summed E-state index contributed by atoms with van der Waals surface area (Å²) in [6, 6.07) is 10.5. The summed E-state index contributed by atoms with van der Waals surface area (Å²) in [6.45, 7) is 10.7. The minimum atomic E-state index is 0.460. The molecule has 1 aromatic heterocycles. The van der Waals surface area contributed by atoms with E-state index in [1.165, 1.54) is 11.1 Å². The van der Waals surface area contributed by atoms with Crippen molar-refractivity contribution in [3.05, 3.63) is 52.8 Å². The van der Waals surface area contributed by atoms with E-state index in [4.69, 9.17) is 0 Å². The third-order valence-electron chi connectivity index (χ3n) is 4.00. The first-order valence-electron chi connectivity index (χ1n) is 8.81. The van der Waals surface area contributed by atoms with Gasteiger partial charge in [-0.15, -0.1) is 0 Å². The highest BCUT2D eigenvalue weighted by atomic mass is 15.4. The Hall–Kier alpha value is -2.23. The van der Waals surface area contributed by atoms with Crippen LogP contribution in [-0.2, 0) is 12.8 Å². The summed E-state index contributed by atoms with van der Waals surface area (Å²) in [5.74, 6) is 1.04. The smallest absolute Gasteiger partial charge is 0.243 e. The molecule has 0 aliphatic carbocycles. The Bertz CT molecular complexity index is 705. The van der Waals surface area contributed by atoms with E-state index in [2.05, 4.69) is 72.5 Å². The van der Waals surface area contributed by atoms with Crippen LogP contribution >= 0.6 is 0 Å². The molecule has 0 bridgehead atoms. The molecule has 0 saturated carbocycles. The number of nitrogens with one attached hydrogen (secondary N) is 1.